The van der Waals surface area contributed by atoms with Crippen molar-refractivity contribution in [3.8, 4) is 0 Å². The van der Waals surface area contributed by atoms with Gasteiger partial charge in [-0.3, -0.25) is 4.39 Å². The van der Waals surface area contributed by atoms with Crippen LogP contribution in [0, 0.1) is 0 Å². The molecule has 0 fully saturated rings. The van der Waals surface area contributed by atoms with Crippen molar-refractivity contribution in [2.45, 2.75) is 32.7 Å². The van der Waals surface area contributed by atoms with Crippen LogP contribution < -0.4 is 0 Å². The maximum atomic E-state index is 12.4. The Labute approximate surface area is 110 Å². The zero-order valence-corrected chi connectivity index (χ0v) is 10.9. The Morgan fingerprint density at radius 3 is 2.89 bits per heavy atom. The minimum absolute atomic E-state index is 0.228. The van der Waals surface area contributed by atoms with Gasteiger partial charge < -0.3 is 9.67 Å². The molecule has 0 bridgehead atoms. The van der Waals surface area contributed by atoms with Gasteiger partial charge in [-0.15, -0.1) is 0 Å². The van der Waals surface area contributed by atoms with E-state index in [1.807, 2.05) is 11.5 Å². The number of aromatic nitrogens is 2. The summed E-state index contributed by atoms with van der Waals surface area (Å²) in [6, 6.07) is 5.05. The largest absolute Gasteiger partial charge is 0.478 e. The molecule has 1 aromatic carbocycles. The van der Waals surface area contributed by atoms with Crippen molar-refractivity contribution in [3.05, 3.63) is 29.6 Å². The lowest BCUT2D eigenvalue weighted by molar-refractivity contribution is 0.0698. The van der Waals surface area contributed by atoms with Gasteiger partial charge in [0.1, 0.15) is 5.82 Å². The van der Waals surface area contributed by atoms with Gasteiger partial charge >= 0.3 is 5.97 Å². The first-order valence-corrected chi connectivity index (χ1v) is 6.46. The summed E-state index contributed by atoms with van der Waals surface area (Å²) in [4.78, 5) is 15.8. The fourth-order valence-electron chi connectivity index (χ4n) is 2.28. The van der Waals surface area contributed by atoms with E-state index in [-0.39, 0.29) is 5.56 Å². The summed E-state index contributed by atoms with van der Waals surface area (Å²) in [6.45, 7) is 2.09. The SMILES string of the molecule is CCCc1nc2cccc(C(=O)O)c2n1CCCF. The standard InChI is InChI=1S/C14H17FN2O2/c1-2-5-12-16-11-7-3-6-10(14(18)19)13(11)17(12)9-4-8-15/h3,6-7H,2,4-5,8-9H2,1H3,(H,18,19). The Hall–Kier alpha value is -1.91. The average molecular weight is 264 g/mol. The molecular weight excluding hydrogens is 247 g/mol. The molecule has 19 heavy (non-hydrogen) atoms. The van der Waals surface area contributed by atoms with E-state index in [9.17, 15) is 14.3 Å². The number of carboxylic acids is 1. The Balaban J connectivity index is 2.62. The first kappa shape index (κ1) is 13.5. The van der Waals surface area contributed by atoms with Gasteiger partial charge in [0.2, 0.25) is 0 Å². The highest BCUT2D eigenvalue weighted by molar-refractivity contribution is 6.01. The van der Waals surface area contributed by atoms with Crippen molar-refractivity contribution < 1.29 is 14.3 Å². The van der Waals surface area contributed by atoms with Crippen LogP contribution in [0.5, 0.6) is 0 Å². The third-order valence-electron chi connectivity index (χ3n) is 3.07. The van der Waals surface area contributed by atoms with Crippen molar-refractivity contribution >= 4 is 17.0 Å². The lowest BCUT2D eigenvalue weighted by atomic mass is 10.2. The first-order valence-electron chi connectivity index (χ1n) is 6.46. The number of halogens is 1. The molecule has 2 aromatic rings. The maximum Gasteiger partial charge on any atom is 0.337 e. The smallest absolute Gasteiger partial charge is 0.337 e. The second-order valence-corrected chi connectivity index (χ2v) is 4.45. The molecule has 0 radical (unpaired) electrons. The zero-order chi connectivity index (χ0) is 13.8. The van der Waals surface area contributed by atoms with E-state index in [2.05, 4.69) is 4.98 Å². The fourth-order valence-corrected chi connectivity index (χ4v) is 2.28. The van der Waals surface area contributed by atoms with Gasteiger partial charge in [-0.2, -0.15) is 0 Å². The van der Waals surface area contributed by atoms with Gasteiger partial charge in [0.15, 0.2) is 0 Å². The van der Waals surface area contributed by atoms with E-state index >= 15 is 0 Å². The third kappa shape index (κ3) is 2.59. The number of benzene rings is 1. The molecular formula is C14H17FN2O2. The van der Waals surface area contributed by atoms with Crippen LogP contribution in [-0.4, -0.2) is 27.3 Å². The number of imidazole rings is 1. The van der Waals surface area contributed by atoms with Gasteiger partial charge in [-0.25, -0.2) is 9.78 Å². The Bertz CT molecular complexity index is 592. The van der Waals surface area contributed by atoms with E-state index in [0.29, 0.717) is 24.0 Å². The van der Waals surface area contributed by atoms with Crippen molar-refractivity contribution in [2.24, 2.45) is 0 Å². The lowest BCUT2D eigenvalue weighted by Crippen LogP contribution is -2.07. The predicted octanol–water partition coefficient (Wildman–Crippen LogP) is 3.05. The van der Waals surface area contributed by atoms with Crippen molar-refractivity contribution in [1.29, 1.82) is 0 Å². The normalized spacial score (nSPS) is 11.1. The predicted molar refractivity (Wildman–Crippen MR) is 71.3 cm³/mol. The number of nitrogens with zero attached hydrogens (tertiary/aromatic N) is 2. The van der Waals surface area contributed by atoms with Crippen LogP contribution >= 0.6 is 0 Å². The highest BCUT2D eigenvalue weighted by atomic mass is 19.1. The van der Waals surface area contributed by atoms with Crippen LogP contribution in [0.4, 0.5) is 4.39 Å². The summed E-state index contributed by atoms with van der Waals surface area (Å²) in [5.74, 6) is -0.144. The number of carboxylic acid groups (broad SMARTS) is 1. The summed E-state index contributed by atoms with van der Waals surface area (Å²) in [5, 5.41) is 9.26. The number of rotatable bonds is 6. The molecule has 102 valence electrons. The minimum Gasteiger partial charge on any atom is -0.478 e. The van der Waals surface area contributed by atoms with Gasteiger partial charge in [-0.1, -0.05) is 13.0 Å². The zero-order valence-electron chi connectivity index (χ0n) is 10.9. The van der Waals surface area contributed by atoms with E-state index < -0.39 is 12.6 Å². The summed E-state index contributed by atoms with van der Waals surface area (Å²) < 4.78 is 14.3. The second-order valence-electron chi connectivity index (χ2n) is 4.45. The molecule has 1 aromatic heterocycles. The highest BCUT2D eigenvalue weighted by Gasteiger charge is 2.16. The Morgan fingerprint density at radius 2 is 2.26 bits per heavy atom. The van der Waals surface area contributed by atoms with Crippen LogP contribution in [0.1, 0.15) is 35.9 Å². The molecule has 0 aliphatic heterocycles. The average Bonchev–Trinajstić information content (AvgIpc) is 2.74. The number of alkyl halides is 1. The molecule has 4 nitrogen and oxygen atoms in total. The number of aryl methyl sites for hydroxylation is 2. The summed E-state index contributed by atoms with van der Waals surface area (Å²) in [6.07, 6.45) is 2.05. The third-order valence-corrected chi connectivity index (χ3v) is 3.07. The molecule has 5 heteroatoms. The van der Waals surface area contributed by atoms with Crippen LogP contribution in [0.3, 0.4) is 0 Å². The summed E-state index contributed by atoms with van der Waals surface area (Å²) in [7, 11) is 0. The maximum absolute atomic E-state index is 12.4. The number of hydrogen-bond acceptors (Lipinski definition) is 2. The van der Waals surface area contributed by atoms with Crippen LogP contribution in [0.2, 0.25) is 0 Å². The van der Waals surface area contributed by atoms with Crippen molar-refractivity contribution in [3.63, 3.8) is 0 Å². The molecule has 0 saturated carbocycles. The van der Waals surface area contributed by atoms with Crippen LogP contribution in [0.15, 0.2) is 18.2 Å². The Morgan fingerprint density at radius 1 is 1.47 bits per heavy atom. The molecule has 2 rings (SSSR count). The van der Waals surface area contributed by atoms with Crippen LogP contribution in [-0.2, 0) is 13.0 Å². The molecule has 1 N–H and O–H groups in total. The lowest BCUT2D eigenvalue weighted by Gasteiger charge is -2.08. The molecule has 0 saturated heterocycles. The van der Waals surface area contributed by atoms with E-state index in [4.69, 9.17) is 0 Å². The monoisotopic (exact) mass is 264 g/mol. The number of carbonyl (C=O) groups is 1. The first-order chi connectivity index (χ1) is 9.19. The fraction of sp³-hybridized carbons (Fsp3) is 0.429. The second kappa shape index (κ2) is 5.82. The number of para-hydroxylation sites is 1. The van der Waals surface area contributed by atoms with E-state index in [0.717, 1.165) is 18.7 Å². The van der Waals surface area contributed by atoms with E-state index in [1.165, 1.54) is 0 Å². The van der Waals surface area contributed by atoms with Crippen LogP contribution in [0.25, 0.3) is 11.0 Å². The van der Waals surface area contributed by atoms with Crippen molar-refractivity contribution in [2.75, 3.05) is 6.67 Å². The highest BCUT2D eigenvalue weighted by Crippen LogP contribution is 2.22. The summed E-state index contributed by atoms with van der Waals surface area (Å²) >= 11 is 0. The number of hydrogen-bond donors (Lipinski definition) is 1. The quantitative estimate of drug-likeness (QED) is 0.872. The van der Waals surface area contributed by atoms with Crippen molar-refractivity contribution in [1.82, 2.24) is 9.55 Å². The molecule has 0 aliphatic rings. The molecule has 0 unspecified atom stereocenters. The van der Waals surface area contributed by atoms with Gasteiger partial charge in [0.05, 0.1) is 23.3 Å². The number of fused-ring (bicyclic) bond motifs is 1. The molecule has 0 aliphatic carbocycles. The summed E-state index contributed by atoms with van der Waals surface area (Å²) in [5.41, 5.74) is 1.50. The van der Waals surface area contributed by atoms with Gasteiger partial charge in [0.25, 0.3) is 0 Å². The van der Waals surface area contributed by atoms with Gasteiger partial charge in [-0.05, 0) is 25.0 Å². The molecule has 0 spiro atoms. The molecule has 1 heterocycles. The topological polar surface area (TPSA) is 55.1 Å². The van der Waals surface area contributed by atoms with E-state index in [1.54, 1.807) is 18.2 Å². The molecule has 0 atom stereocenters. The Kier molecular flexibility index (Phi) is 4.14. The molecule has 0 amide bonds. The minimum atomic E-state index is -0.977. The van der Waals surface area contributed by atoms with Gasteiger partial charge in [0, 0.05) is 13.0 Å². The number of aromatic carboxylic acids is 1.